The molecule has 0 aliphatic rings. The van der Waals surface area contributed by atoms with Crippen molar-refractivity contribution < 1.29 is 17.6 Å². The first-order chi connectivity index (χ1) is 8.81. The first kappa shape index (κ1) is 15.7. The Bertz CT molecular complexity index is 563. The van der Waals surface area contributed by atoms with Gasteiger partial charge >= 0.3 is 0 Å². The molecule has 106 valence electrons. The molecular formula is C11H14ClFN2O3S. The predicted octanol–water partition coefficient (Wildman–Crippen LogP) is 2.15. The van der Waals surface area contributed by atoms with E-state index in [9.17, 15) is 17.6 Å². The van der Waals surface area contributed by atoms with Gasteiger partial charge in [-0.05, 0) is 24.6 Å². The summed E-state index contributed by atoms with van der Waals surface area (Å²) in [4.78, 5) is 11.5. The summed E-state index contributed by atoms with van der Waals surface area (Å²) in [5.74, 6) is -0.612. The summed E-state index contributed by atoms with van der Waals surface area (Å²) in [6, 6.07) is 3.64. The molecule has 5 nitrogen and oxygen atoms in total. The van der Waals surface area contributed by atoms with E-state index >= 15 is 0 Å². The molecule has 0 bridgehead atoms. The van der Waals surface area contributed by atoms with Gasteiger partial charge in [-0.3, -0.25) is 9.52 Å². The van der Waals surface area contributed by atoms with Gasteiger partial charge in [0.05, 0.1) is 11.9 Å². The third kappa shape index (κ3) is 5.89. The Morgan fingerprint density at radius 1 is 1.42 bits per heavy atom. The molecule has 1 amide bonds. The van der Waals surface area contributed by atoms with Crippen LogP contribution < -0.4 is 10.0 Å². The van der Waals surface area contributed by atoms with Crippen molar-refractivity contribution in [2.45, 2.75) is 12.8 Å². The molecule has 0 spiro atoms. The number of benzene rings is 1. The second-order valence-corrected chi connectivity index (χ2v) is 6.04. The van der Waals surface area contributed by atoms with E-state index in [2.05, 4.69) is 5.32 Å². The van der Waals surface area contributed by atoms with Crippen LogP contribution >= 0.6 is 11.6 Å². The first-order valence-corrected chi connectivity index (χ1v) is 7.87. The largest absolute Gasteiger partial charge is 0.326 e. The molecule has 0 atom stereocenters. The van der Waals surface area contributed by atoms with E-state index in [0.29, 0.717) is 18.0 Å². The van der Waals surface area contributed by atoms with E-state index in [1.807, 2.05) is 4.72 Å². The Morgan fingerprint density at radius 2 is 2.11 bits per heavy atom. The molecule has 0 unspecified atom stereocenters. The van der Waals surface area contributed by atoms with Crippen molar-refractivity contribution in [1.29, 1.82) is 0 Å². The molecule has 1 aromatic rings. The Balaban J connectivity index is 2.81. The Kier molecular flexibility index (Phi) is 5.56. The van der Waals surface area contributed by atoms with Gasteiger partial charge in [0.25, 0.3) is 0 Å². The molecule has 0 fully saturated rings. The number of amides is 1. The number of rotatable bonds is 6. The van der Waals surface area contributed by atoms with Crippen LogP contribution in [-0.4, -0.2) is 26.5 Å². The lowest BCUT2D eigenvalue weighted by Crippen LogP contribution is -2.13. The Hall–Kier alpha value is -1.34. The normalized spacial score (nSPS) is 11.1. The highest BCUT2D eigenvalue weighted by Gasteiger charge is 2.10. The lowest BCUT2D eigenvalue weighted by atomic mass is 10.2. The van der Waals surface area contributed by atoms with E-state index in [-0.39, 0.29) is 18.0 Å². The summed E-state index contributed by atoms with van der Waals surface area (Å²) in [5, 5.41) is 2.53. The van der Waals surface area contributed by atoms with Crippen molar-refractivity contribution in [2.24, 2.45) is 0 Å². The number of carbonyl (C=O) groups excluding carboxylic acids is 1. The zero-order chi connectivity index (χ0) is 14.5. The maximum atomic E-state index is 13.4. The summed E-state index contributed by atoms with van der Waals surface area (Å²) >= 11 is 5.46. The number of halogens is 2. The van der Waals surface area contributed by atoms with Gasteiger partial charge in [-0.15, -0.1) is 11.6 Å². The fourth-order valence-electron chi connectivity index (χ4n) is 1.33. The van der Waals surface area contributed by atoms with Gasteiger partial charge in [-0.1, -0.05) is 0 Å². The minimum Gasteiger partial charge on any atom is -0.326 e. The van der Waals surface area contributed by atoms with Crippen molar-refractivity contribution in [3.63, 3.8) is 0 Å². The van der Waals surface area contributed by atoms with Gasteiger partial charge in [0.1, 0.15) is 5.82 Å². The van der Waals surface area contributed by atoms with E-state index in [0.717, 1.165) is 12.3 Å². The zero-order valence-corrected chi connectivity index (χ0v) is 11.8. The van der Waals surface area contributed by atoms with Crippen LogP contribution in [0.2, 0.25) is 0 Å². The summed E-state index contributed by atoms with van der Waals surface area (Å²) < 4.78 is 37.5. The van der Waals surface area contributed by atoms with Gasteiger partial charge < -0.3 is 5.32 Å². The smallest absolute Gasteiger partial charge is 0.229 e. The van der Waals surface area contributed by atoms with Gasteiger partial charge in [-0.2, -0.15) is 0 Å². The predicted molar refractivity (Wildman–Crippen MR) is 73.5 cm³/mol. The number of carbonyl (C=O) groups is 1. The fraction of sp³-hybridized carbons (Fsp3) is 0.364. The van der Waals surface area contributed by atoms with Crippen LogP contribution in [0, 0.1) is 5.82 Å². The van der Waals surface area contributed by atoms with E-state index in [1.54, 1.807) is 0 Å². The third-order valence-corrected chi connectivity index (χ3v) is 2.94. The number of alkyl halides is 1. The van der Waals surface area contributed by atoms with Crippen LogP contribution in [0.5, 0.6) is 0 Å². The van der Waals surface area contributed by atoms with Gasteiger partial charge in [0.15, 0.2) is 0 Å². The molecule has 0 aromatic heterocycles. The number of anilines is 2. The lowest BCUT2D eigenvalue weighted by molar-refractivity contribution is -0.116. The quantitative estimate of drug-likeness (QED) is 0.791. The molecule has 0 radical (unpaired) electrons. The first-order valence-electron chi connectivity index (χ1n) is 5.45. The number of hydrogen-bond acceptors (Lipinski definition) is 3. The second-order valence-electron chi connectivity index (χ2n) is 3.91. The zero-order valence-electron chi connectivity index (χ0n) is 10.2. The highest BCUT2D eigenvalue weighted by molar-refractivity contribution is 7.92. The van der Waals surface area contributed by atoms with Gasteiger partial charge in [0, 0.05) is 18.0 Å². The van der Waals surface area contributed by atoms with Crippen LogP contribution in [-0.2, 0) is 14.8 Å². The van der Waals surface area contributed by atoms with Gasteiger partial charge in [0.2, 0.25) is 15.9 Å². The summed E-state index contributed by atoms with van der Waals surface area (Å²) in [7, 11) is -3.58. The molecule has 0 aliphatic carbocycles. The van der Waals surface area contributed by atoms with Crippen LogP contribution in [0.3, 0.4) is 0 Å². The molecule has 0 saturated carbocycles. The monoisotopic (exact) mass is 308 g/mol. The van der Waals surface area contributed by atoms with Crippen LogP contribution in [0.4, 0.5) is 15.8 Å². The number of sulfonamides is 1. The molecule has 8 heteroatoms. The van der Waals surface area contributed by atoms with Crippen molar-refractivity contribution in [1.82, 2.24) is 0 Å². The lowest BCUT2D eigenvalue weighted by Gasteiger charge is -2.09. The molecule has 1 rings (SSSR count). The summed E-state index contributed by atoms with van der Waals surface area (Å²) in [6.07, 6.45) is 1.69. The van der Waals surface area contributed by atoms with Crippen LogP contribution in [0.1, 0.15) is 12.8 Å². The topological polar surface area (TPSA) is 75.3 Å². The van der Waals surface area contributed by atoms with Crippen molar-refractivity contribution in [3.05, 3.63) is 24.0 Å². The summed E-state index contributed by atoms with van der Waals surface area (Å²) in [6.45, 7) is 0. The summed E-state index contributed by atoms with van der Waals surface area (Å²) in [5.41, 5.74) is 0.102. The molecule has 0 heterocycles. The van der Waals surface area contributed by atoms with E-state index in [1.165, 1.54) is 12.1 Å². The maximum Gasteiger partial charge on any atom is 0.229 e. The highest BCUT2D eigenvalue weighted by atomic mass is 35.5. The molecule has 0 saturated heterocycles. The van der Waals surface area contributed by atoms with Gasteiger partial charge in [-0.25, -0.2) is 12.8 Å². The Morgan fingerprint density at radius 3 is 2.68 bits per heavy atom. The maximum absolute atomic E-state index is 13.4. The van der Waals surface area contributed by atoms with Crippen molar-refractivity contribution in [2.75, 3.05) is 22.2 Å². The van der Waals surface area contributed by atoms with E-state index in [4.69, 9.17) is 11.6 Å². The standard InChI is InChI=1S/C11H14ClFN2O3S/c1-19(17,18)15-10-7-8(4-5-9(10)13)14-11(16)3-2-6-12/h4-5,7,15H,2-3,6H2,1H3,(H,14,16). The second kappa shape index (κ2) is 6.72. The SMILES string of the molecule is CS(=O)(=O)Nc1cc(NC(=O)CCCCl)ccc1F. The average Bonchev–Trinajstić information content (AvgIpc) is 2.29. The third-order valence-electron chi connectivity index (χ3n) is 2.08. The van der Waals surface area contributed by atoms with Crippen LogP contribution in [0.25, 0.3) is 0 Å². The number of nitrogens with one attached hydrogen (secondary N) is 2. The Labute approximate surface area is 116 Å². The molecule has 2 N–H and O–H groups in total. The number of hydrogen-bond donors (Lipinski definition) is 2. The average molecular weight is 309 g/mol. The minimum absolute atomic E-state index is 0.211. The van der Waals surface area contributed by atoms with Crippen LogP contribution in [0.15, 0.2) is 18.2 Å². The molecule has 1 aromatic carbocycles. The fourth-order valence-corrected chi connectivity index (χ4v) is 2.02. The van der Waals surface area contributed by atoms with Crippen molar-refractivity contribution in [3.8, 4) is 0 Å². The molecule has 0 aliphatic heterocycles. The van der Waals surface area contributed by atoms with E-state index < -0.39 is 15.8 Å². The van der Waals surface area contributed by atoms with Crippen molar-refractivity contribution >= 4 is 38.9 Å². The highest BCUT2D eigenvalue weighted by Crippen LogP contribution is 2.20. The minimum atomic E-state index is -3.58. The molecular weight excluding hydrogens is 295 g/mol. The molecule has 19 heavy (non-hydrogen) atoms.